The second-order valence-electron chi connectivity index (χ2n) is 5.61. The summed E-state index contributed by atoms with van der Waals surface area (Å²) in [6, 6.07) is 7.10. The number of hydrogen-bond acceptors (Lipinski definition) is 6. The van der Waals surface area contributed by atoms with E-state index in [1.807, 2.05) is 31.2 Å². The molecule has 24 heavy (non-hydrogen) atoms. The molecule has 0 aromatic heterocycles. The van der Waals surface area contributed by atoms with Crippen LogP contribution in [0.5, 0.6) is 5.75 Å². The topological polar surface area (TPSA) is 63.7 Å². The average Bonchev–Trinajstić information content (AvgIpc) is 3.01. The zero-order valence-electron chi connectivity index (χ0n) is 13.1. The van der Waals surface area contributed by atoms with Gasteiger partial charge < -0.3 is 4.74 Å². The third-order valence-corrected chi connectivity index (χ3v) is 6.97. The van der Waals surface area contributed by atoms with E-state index in [4.69, 9.17) is 17.0 Å². The van der Waals surface area contributed by atoms with Crippen LogP contribution in [0.25, 0.3) is 6.08 Å². The molecule has 2 aliphatic heterocycles. The maximum atomic E-state index is 12.6. The molecule has 0 unspecified atom stereocenters. The van der Waals surface area contributed by atoms with Crippen LogP contribution in [0.1, 0.15) is 18.9 Å². The largest absolute Gasteiger partial charge is 0.494 e. The van der Waals surface area contributed by atoms with Crippen molar-refractivity contribution in [2.75, 3.05) is 18.1 Å². The van der Waals surface area contributed by atoms with Gasteiger partial charge in [0.1, 0.15) is 10.1 Å². The summed E-state index contributed by atoms with van der Waals surface area (Å²) in [5, 5.41) is 0. The van der Waals surface area contributed by atoms with Gasteiger partial charge in [0.2, 0.25) is 0 Å². The van der Waals surface area contributed by atoms with E-state index in [0.717, 1.165) is 11.3 Å². The van der Waals surface area contributed by atoms with Crippen LogP contribution in [0, 0.1) is 0 Å². The van der Waals surface area contributed by atoms with Crippen molar-refractivity contribution in [3.63, 3.8) is 0 Å². The van der Waals surface area contributed by atoms with Crippen LogP contribution in [-0.2, 0) is 14.6 Å². The Balaban J connectivity index is 1.78. The van der Waals surface area contributed by atoms with Gasteiger partial charge in [0.25, 0.3) is 5.91 Å². The molecular formula is C16H17NO4S3. The molecule has 0 bridgehead atoms. The first-order valence-corrected chi connectivity index (χ1v) is 10.6. The lowest BCUT2D eigenvalue weighted by Gasteiger charge is -2.20. The Morgan fingerprint density at radius 3 is 2.67 bits per heavy atom. The van der Waals surface area contributed by atoms with Gasteiger partial charge >= 0.3 is 0 Å². The highest BCUT2D eigenvalue weighted by molar-refractivity contribution is 8.26. The van der Waals surface area contributed by atoms with E-state index >= 15 is 0 Å². The first-order valence-electron chi connectivity index (χ1n) is 7.60. The molecule has 0 N–H and O–H groups in total. The van der Waals surface area contributed by atoms with Gasteiger partial charge in [-0.1, -0.05) is 36.1 Å². The van der Waals surface area contributed by atoms with Gasteiger partial charge in [0, 0.05) is 0 Å². The van der Waals surface area contributed by atoms with Crippen molar-refractivity contribution in [2.45, 2.75) is 19.4 Å². The number of amides is 1. The number of carbonyl (C=O) groups excluding carboxylic acids is 1. The van der Waals surface area contributed by atoms with Gasteiger partial charge in [-0.25, -0.2) is 8.42 Å². The Hall–Kier alpha value is -1.38. The van der Waals surface area contributed by atoms with E-state index in [2.05, 4.69) is 0 Å². The molecule has 128 valence electrons. The van der Waals surface area contributed by atoms with Crippen molar-refractivity contribution in [3.8, 4) is 5.75 Å². The number of carbonyl (C=O) groups is 1. The summed E-state index contributed by atoms with van der Waals surface area (Å²) < 4.78 is 29.1. The zero-order chi connectivity index (χ0) is 17.3. The molecule has 1 aromatic carbocycles. The molecule has 2 saturated heterocycles. The number of thiocarbonyl (C=S) groups is 1. The minimum atomic E-state index is -3.06. The van der Waals surface area contributed by atoms with E-state index in [-0.39, 0.29) is 23.5 Å². The molecular weight excluding hydrogens is 366 g/mol. The molecule has 3 rings (SSSR count). The van der Waals surface area contributed by atoms with Crippen molar-refractivity contribution in [1.29, 1.82) is 0 Å². The number of hydrogen-bond donors (Lipinski definition) is 0. The number of benzene rings is 1. The molecule has 0 saturated carbocycles. The van der Waals surface area contributed by atoms with Gasteiger partial charge in [0.15, 0.2) is 9.84 Å². The van der Waals surface area contributed by atoms with Gasteiger partial charge in [-0.3, -0.25) is 9.69 Å². The summed E-state index contributed by atoms with van der Waals surface area (Å²) >= 11 is 6.51. The highest BCUT2D eigenvalue weighted by atomic mass is 32.2. The third kappa shape index (κ3) is 3.65. The molecule has 0 spiro atoms. The van der Waals surface area contributed by atoms with Gasteiger partial charge in [-0.2, -0.15) is 0 Å². The fraction of sp³-hybridized carbons (Fsp3) is 0.375. The quantitative estimate of drug-likeness (QED) is 0.588. The van der Waals surface area contributed by atoms with E-state index in [1.165, 1.54) is 16.7 Å². The van der Waals surface area contributed by atoms with Crippen molar-refractivity contribution in [3.05, 3.63) is 34.7 Å². The van der Waals surface area contributed by atoms with Gasteiger partial charge in [-0.15, -0.1) is 0 Å². The average molecular weight is 384 g/mol. The van der Waals surface area contributed by atoms with E-state index in [9.17, 15) is 13.2 Å². The smallest absolute Gasteiger partial charge is 0.266 e. The van der Waals surface area contributed by atoms with Crippen LogP contribution in [-0.4, -0.2) is 47.7 Å². The Labute approximate surface area is 151 Å². The molecule has 1 aromatic rings. The summed E-state index contributed by atoms with van der Waals surface area (Å²) in [6.45, 7) is 2.52. The predicted octanol–water partition coefficient (Wildman–Crippen LogP) is 2.47. The second-order valence-corrected chi connectivity index (χ2v) is 9.52. The lowest BCUT2D eigenvalue weighted by molar-refractivity contribution is -0.123. The third-order valence-electron chi connectivity index (χ3n) is 3.89. The normalized spacial score (nSPS) is 24.8. The monoisotopic (exact) mass is 383 g/mol. The molecule has 1 atom stereocenters. The maximum Gasteiger partial charge on any atom is 0.266 e. The Kier molecular flexibility index (Phi) is 4.98. The summed E-state index contributed by atoms with van der Waals surface area (Å²) in [6.07, 6.45) is 2.23. The van der Waals surface area contributed by atoms with Gasteiger partial charge in [-0.05, 0) is 37.1 Å². The van der Waals surface area contributed by atoms with Crippen molar-refractivity contribution >= 4 is 50.1 Å². The van der Waals surface area contributed by atoms with Crippen molar-refractivity contribution in [1.82, 2.24) is 4.90 Å². The molecule has 0 aliphatic carbocycles. The Morgan fingerprint density at radius 1 is 1.38 bits per heavy atom. The van der Waals surface area contributed by atoms with Gasteiger partial charge in [0.05, 0.1) is 29.1 Å². The van der Waals surface area contributed by atoms with Crippen LogP contribution in [0.2, 0.25) is 0 Å². The molecule has 2 aliphatic rings. The maximum absolute atomic E-state index is 12.6. The van der Waals surface area contributed by atoms with Crippen LogP contribution in [0.3, 0.4) is 0 Å². The highest BCUT2D eigenvalue weighted by Crippen LogP contribution is 2.36. The van der Waals surface area contributed by atoms with E-state index < -0.39 is 9.84 Å². The number of thioether (sulfide) groups is 1. The minimum Gasteiger partial charge on any atom is -0.494 e. The number of rotatable bonds is 4. The van der Waals surface area contributed by atoms with Crippen molar-refractivity contribution < 1.29 is 17.9 Å². The fourth-order valence-corrected chi connectivity index (χ4v) is 5.85. The van der Waals surface area contributed by atoms with Crippen LogP contribution in [0.15, 0.2) is 29.2 Å². The van der Waals surface area contributed by atoms with Crippen LogP contribution >= 0.6 is 24.0 Å². The Morgan fingerprint density at radius 2 is 2.08 bits per heavy atom. The minimum absolute atomic E-state index is 0.00419. The summed E-state index contributed by atoms with van der Waals surface area (Å²) in [7, 11) is -3.06. The van der Waals surface area contributed by atoms with Crippen LogP contribution < -0.4 is 4.74 Å². The first-order chi connectivity index (χ1) is 11.4. The fourth-order valence-electron chi connectivity index (χ4n) is 2.75. The standard InChI is InChI=1S/C16H17NO4S3/c1-2-21-13-5-3-11(4-6-13)9-14-15(18)17(16(22)23-14)12-7-8-24(19,20)10-12/h3-6,9,12H,2,7-8,10H2,1H3/b14-9-/t12-/m0/s1. The predicted molar refractivity (Wildman–Crippen MR) is 99.7 cm³/mol. The summed E-state index contributed by atoms with van der Waals surface area (Å²) in [5.41, 5.74) is 0.873. The Bertz CT molecular complexity index is 799. The first kappa shape index (κ1) is 17.4. The molecule has 1 amide bonds. The van der Waals surface area contributed by atoms with Crippen LogP contribution in [0.4, 0.5) is 0 Å². The zero-order valence-corrected chi connectivity index (χ0v) is 15.5. The summed E-state index contributed by atoms with van der Waals surface area (Å²) in [4.78, 5) is 14.6. The lowest BCUT2D eigenvalue weighted by atomic mass is 10.2. The van der Waals surface area contributed by atoms with Crippen molar-refractivity contribution in [2.24, 2.45) is 0 Å². The molecule has 2 fully saturated rings. The summed E-state index contributed by atoms with van der Waals surface area (Å²) in [5.74, 6) is 0.682. The van der Waals surface area contributed by atoms with E-state index in [0.29, 0.717) is 22.3 Å². The molecule has 2 heterocycles. The van der Waals surface area contributed by atoms with E-state index in [1.54, 1.807) is 6.08 Å². The molecule has 8 heteroatoms. The molecule has 5 nitrogen and oxygen atoms in total. The number of ether oxygens (including phenoxy) is 1. The second kappa shape index (κ2) is 6.85. The highest BCUT2D eigenvalue weighted by Gasteiger charge is 2.42. The molecule has 0 radical (unpaired) electrons. The number of sulfone groups is 1. The SMILES string of the molecule is CCOc1ccc(/C=C2\SC(=S)N([C@H]3CCS(=O)(=O)C3)C2=O)cc1. The number of nitrogens with zero attached hydrogens (tertiary/aromatic N) is 1. The lowest BCUT2D eigenvalue weighted by Crippen LogP contribution is -2.39.